The summed E-state index contributed by atoms with van der Waals surface area (Å²) in [5.74, 6) is 0.820. The Kier molecular flexibility index (Phi) is 4.57. The third-order valence-corrected chi connectivity index (χ3v) is 3.25. The fraction of sp³-hybridized carbons (Fsp3) is 0.385. The van der Waals surface area contributed by atoms with Crippen LogP contribution >= 0.6 is 11.3 Å². The highest BCUT2D eigenvalue weighted by Crippen LogP contribution is 2.29. The fourth-order valence-corrected chi connectivity index (χ4v) is 2.40. The molecule has 2 aromatic rings. The van der Waals surface area contributed by atoms with E-state index < -0.39 is 6.09 Å². The van der Waals surface area contributed by atoms with Gasteiger partial charge in [-0.15, -0.1) is 0 Å². The number of rotatable bonds is 5. The smallest absolute Gasteiger partial charge is 0.413 e. The summed E-state index contributed by atoms with van der Waals surface area (Å²) in [5, 5.41) is 3.13. The van der Waals surface area contributed by atoms with Crippen LogP contribution in [-0.2, 0) is 4.74 Å². The second-order valence-corrected chi connectivity index (χ2v) is 4.87. The molecule has 6 heteroatoms. The van der Waals surface area contributed by atoms with E-state index in [1.165, 1.54) is 11.3 Å². The second-order valence-electron chi connectivity index (χ2n) is 3.84. The Morgan fingerprint density at radius 2 is 2.26 bits per heavy atom. The number of aromatic nitrogens is 1. The minimum atomic E-state index is -0.482. The number of nitrogens with one attached hydrogen (secondary N) is 1. The topological polar surface area (TPSA) is 60.5 Å². The van der Waals surface area contributed by atoms with Gasteiger partial charge in [-0.25, -0.2) is 9.78 Å². The van der Waals surface area contributed by atoms with Gasteiger partial charge in [0.1, 0.15) is 5.75 Å². The molecule has 1 aromatic carbocycles. The molecule has 0 aliphatic heterocycles. The number of benzene rings is 1. The quantitative estimate of drug-likeness (QED) is 0.908. The van der Waals surface area contributed by atoms with Gasteiger partial charge >= 0.3 is 6.09 Å². The van der Waals surface area contributed by atoms with E-state index in [0.717, 1.165) is 22.4 Å². The van der Waals surface area contributed by atoms with Crippen molar-refractivity contribution < 1.29 is 14.3 Å². The monoisotopic (exact) mass is 280 g/mol. The Morgan fingerprint density at radius 3 is 3.00 bits per heavy atom. The van der Waals surface area contributed by atoms with Crippen molar-refractivity contribution in [2.24, 2.45) is 0 Å². The molecule has 1 heterocycles. The molecule has 0 radical (unpaired) electrons. The van der Waals surface area contributed by atoms with Crippen molar-refractivity contribution in [1.29, 1.82) is 0 Å². The third-order valence-electron chi connectivity index (χ3n) is 2.32. The lowest BCUT2D eigenvalue weighted by Gasteiger charge is -2.02. The van der Waals surface area contributed by atoms with E-state index in [2.05, 4.69) is 17.2 Å². The van der Waals surface area contributed by atoms with Crippen molar-refractivity contribution in [1.82, 2.24) is 4.98 Å². The number of amides is 1. The van der Waals surface area contributed by atoms with Gasteiger partial charge in [0.25, 0.3) is 0 Å². The number of hydrogen-bond donors (Lipinski definition) is 1. The lowest BCUT2D eigenvalue weighted by atomic mass is 10.3. The van der Waals surface area contributed by atoms with Gasteiger partial charge in [0, 0.05) is 0 Å². The van der Waals surface area contributed by atoms with Gasteiger partial charge in [-0.05, 0) is 31.5 Å². The summed E-state index contributed by atoms with van der Waals surface area (Å²) in [6, 6.07) is 5.69. The minimum Gasteiger partial charge on any atom is -0.494 e. The molecule has 102 valence electrons. The summed E-state index contributed by atoms with van der Waals surface area (Å²) in [6.07, 6.45) is 0.486. The number of anilines is 1. The number of carbonyl (C=O) groups is 1. The number of hydrogen-bond acceptors (Lipinski definition) is 5. The van der Waals surface area contributed by atoms with Crippen LogP contribution in [0.2, 0.25) is 0 Å². The standard InChI is InChI=1S/C13H16N2O3S/c1-3-7-18-9-5-6-10-11(8-9)19-12(14-10)15-13(16)17-4-2/h5-6,8H,3-4,7H2,1-2H3,(H,14,15,16). The van der Waals surface area contributed by atoms with Gasteiger partial charge in [0.2, 0.25) is 0 Å². The molecule has 0 aliphatic rings. The molecule has 0 aliphatic carbocycles. The highest BCUT2D eigenvalue weighted by atomic mass is 32.1. The van der Waals surface area contributed by atoms with Crippen molar-refractivity contribution in [2.45, 2.75) is 20.3 Å². The average molecular weight is 280 g/mol. The first-order chi connectivity index (χ1) is 9.22. The van der Waals surface area contributed by atoms with Crippen LogP contribution < -0.4 is 10.1 Å². The number of carbonyl (C=O) groups excluding carboxylic acids is 1. The van der Waals surface area contributed by atoms with E-state index >= 15 is 0 Å². The van der Waals surface area contributed by atoms with Gasteiger partial charge in [-0.1, -0.05) is 18.3 Å². The molecule has 19 heavy (non-hydrogen) atoms. The number of nitrogens with zero attached hydrogens (tertiary/aromatic N) is 1. The molecule has 1 aromatic heterocycles. The van der Waals surface area contributed by atoms with Gasteiger partial charge < -0.3 is 9.47 Å². The zero-order valence-electron chi connectivity index (χ0n) is 10.9. The van der Waals surface area contributed by atoms with Crippen molar-refractivity contribution >= 4 is 32.8 Å². The van der Waals surface area contributed by atoms with Gasteiger partial charge in [0.15, 0.2) is 5.13 Å². The van der Waals surface area contributed by atoms with E-state index in [0.29, 0.717) is 18.3 Å². The molecule has 0 bridgehead atoms. The summed E-state index contributed by atoms with van der Waals surface area (Å²) >= 11 is 1.40. The Hall–Kier alpha value is -1.82. The largest absolute Gasteiger partial charge is 0.494 e. The van der Waals surface area contributed by atoms with E-state index in [1.807, 2.05) is 18.2 Å². The third kappa shape index (κ3) is 3.57. The molecular formula is C13H16N2O3S. The maximum absolute atomic E-state index is 11.3. The van der Waals surface area contributed by atoms with Crippen LogP contribution in [-0.4, -0.2) is 24.3 Å². The second kappa shape index (κ2) is 6.38. The number of ether oxygens (including phenoxy) is 2. The van der Waals surface area contributed by atoms with Crippen molar-refractivity contribution in [2.75, 3.05) is 18.5 Å². The Bertz CT molecular complexity index is 568. The van der Waals surface area contributed by atoms with Crippen molar-refractivity contribution in [3.05, 3.63) is 18.2 Å². The minimum absolute atomic E-state index is 0.339. The normalized spacial score (nSPS) is 10.4. The van der Waals surface area contributed by atoms with E-state index in [9.17, 15) is 4.79 Å². The highest BCUT2D eigenvalue weighted by molar-refractivity contribution is 7.22. The lowest BCUT2D eigenvalue weighted by Crippen LogP contribution is -2.12. The van der Waals surface area contributed by atoms with Crippen LogP contribution in [0.25, 0.3) is 10.2 Å². The number of fused-ring (bicyclic) bond motifs is 1. The molecule has 1 amide bonds. The van der Waals surface area contributed by atoms with E-state index in [1.54, 1.807) is 6.92 Å². The van der Waals surface area contributed by atoms with Gasteiger partial charge in [0.05, 0.1) is 23.4 Å². The maximum Gasteiger partial charge on any atom is 0.413 e. The first-order valence-electron chi connectivity index (χ1n) is 6.20. The molecule has 0 spiro atoms. The predicted octanol–water partition coefficient (Wildman–Crippen LogP) is 3.65. The van der Waals surface area contributed by atoms with Crippen molar-refractivity contribution in [3.8, 4) is 5.75 Å². The molecule has 0 saturated heterocycles. The molecule has 0 fully saturated rings. The lowest BCUT2D eigenvalue weighted by molar-refractivity contribution is 0.168. The molecule has 0 saturated carbocycles. The molecule has 0 unspecified atom stereocenters. The Morgan fingerprint density at radius 1 is 1.42 bits per heavy atom. The zero-order valence-corrected chi connectivity index (χ0v) is 11.8. The van der Waals surface area contributed by atoms with E-state index in [-0.39, 0.29) is 0 Å². The molecule has 2 rings (SSSR count). The fourth-order valence-electron chi connectivity index (χ4n) is 1.52. The summed E-state index contributed by atoms with van der Waals surface area (Å²) < 4.78 is 11.3. The Balaban J connectivity index is 2.13. The summed E-state index contributed by atoms with van der Waals surface area (Å²) in [7, 11) is 0. The molecule has 5 nitrogen and oxygen atoms in total. The highest BCUT2D eigenvalue weighted by Gasteiger charge is 2.08. The van der Waals surface area contributed by atoms with Crippen LogP contribution in [0.4, 0.5) is 9.93 Å². The Labute approximate surface area is 115 Å². The predicted molar refractivity (Wildman–Crippen MR) is 76.1 cm³/mol. The average Bonchev–Trinajstić information content (AvgIpc) is 2.77. The van der Waals surface area contributed by atoms with Gasteiger partial charge in [-0.2, -0.15) is 0 Å². The summed E-state index contributed by atoms with van der Waals surface area (Å²) in [4.78, 5) is 15.6. The summed E-state index contributed by atoms with van der Waals surface area (Å²) in [5.41, 5.74) is 0.834. The SMILES string of the molecule is CCCOc1ccc2nc(NC(=O)OCC)sc2c1. The van der Waals surface area contributed by atoms with Crippen LogP contribution in [0, 0.1) is 0 Å². The first-order valence-corrected chi connectivity index (χ1v) is 7.01. The van der Waals surface area contributed by atoms with Crippen molar-refractivity contribution in [3.63, 3.8) is 0 Å². The summed E-state index contributed by atoms with van der Waals surface area (Å²) in [6.45, 7) is 4.85. The van der Waals surface area contributed by atoms with Gasteiger partial charge in [-0.3, -0.25) is 5.32 Å². The molecule has 1 N–H and O–H groups in total. The van der Waals surface area contributed by atoms with Crippen LogP contribution in [0.1, 0.15) is 20.3 Å². The first kappa shape index (κ1) is 13.6. The zero-order chi connectivity index (χ0) is 13.7. The maximum atomic E-state index is 11.3. The number of thiazole rings is 1. The van der Waals surface area contributed by atoms with Crippen LogP contribution in [0.5, 0.6) is 5.75 Å². The van der Waals surface area contributed by atoms with E-state index in [4.69, 9.17) is 9.47 Å². The van der Waals surface area contributed by atoms with Crippen LogP contribution in [0.3, 0.4) is 0 Å². The molecule has 0 atom stereocenters. The molecular weight excluding hydrogens is 264 g/mol. The van der Waals surface area contributed by atoms with Crippen LogP contribution in [0.15, 0.2) is 18.2 Å².